The lowest BCUT2D eigenvalue weighted by atomic mass is 9.92. The van der Waals surface area contributed by atoms with E-state index in [1.54, 1.807) is 42.5 Å². The van der Waals surface area contributed by atoms with E-state index in [2.05, 4.69) is 4.98 Å². The van der Waals surface area contributed by atoms with Gasteiger partial charge in [0.25, 0.3) is 11.2 Å². The van der Waals surface area contributed by atoms with E-state index in [1.807, 2.05) is 30.3 Å². The Balaban J connectivity index is 1.59. The third-order valence-electron chi connectivity index (χ3n) is 6.77. The fraction of sp³-hybridized carbons (Fsp3) is 0.161. The molecule has 4 aromatic carbocycles. The molecule has 11 heteroatoms. The molecule has 0 aliphatic carbocycles. The molecule has 0 radical (unpaired) electrons. The minimum absolute atomic E-state index is 0.0358. The molecular weight excluding hydrogens is 562 g/mol. The van der Waals surface area contributed by atoms with Crippen molar-refractivity contribution in [3.8, 4) is 11.4 Å². The Morgan fingerprint density at radius 3 is 2.00 bits per heavy atom. The summed E-state index contributed by atoms with van der Waals surface area (Å²) in [5.74, 6) is 0.676. The van der Waals surface area contributed by atoms with Crippen LogP contribution in [0.3, 0.4) is 0 Å². The van der Waals surface area contributed by atoms with Crippen LogP contribution in [0.25, 0.3) is 16.6 Å². The van der Waals surface area contributed by atoms with Crippen molar-refractivity contribution in [2.24, 2.45) is 0 Å². The summed E-state index contributed by atoms with van der Waals surface area (Å²) in [7, 11) is 0. The van der Waals surface area contributed by atoms with Gasteiger partial charge < -0.3 is 9.84 Å². The molecule has 5 rings (SSSR count). The summed E-state index contributed by atoms with van der Waals surface area (Å²) in [4.78, 5) is 18.2. The second-order valence-electron chi connectivity index (χ2n) is 9.50. The normalized spacial score (nSPS) is 12.5. The van der Waals surface area contributed by atoms with Crippen LogP contribution in [0.1, 0.15) is 22.5 Å². The summed E-state index contributed by atoms with van der Waals surface area (Å²) in [5, 5.41) is 9.98. The van der Waals surface area contributed by atoms with Crippen molar-refractivity contribution >= 4 is 10.9 Å². The van der Waals surface area contributed by atoms with Crippen molar-refractivity contribution in [3.05, 3.63) is 136 Å². The number of ether oxygens (including phenoxy) is 1. The number of aliphatic hydroxyl groups is 1. The molecule has 1 aromatic heterocycles. The predicted octanol–water partition coefficient (Wildman–Crippen LogP) is 6.87. The number of benzene rings is 4. The predicted molar refractivity (Wildman–Crippen MR) is 143 cm³/mol. The Morgan fingerprint density at radius 1 is 0.738 bits per heavy atom. The molecule has 216 valence electrons. The molecule has 0 saturated carbocycles. The molecule has 42 heavy (non-hydrogen) atoms. The van der Waals surface area contributed by atoms with Gasteiger partial charge in [-0.3, -0.25) is 9.36 Å². The lowest BCUT2D eigenvalue weighted by Gasteiger charge is -2.32. The molecule has 5 aromatic rings. The van der Waals surface area contributed by atoms with Crippen LogP contribution >= 0.6 is 0 Å². The summed E-state index contributed by atoms with van der Waals surface area (Å²) >= 11 is 0. The molecular formula is C31H22F6N2O3. The van der Waals surface area contributed by atoms with Gasteiger partial charge in [-0.25, -0.2) is 4.98 Å². The molecule has 0 spiro atoms. The van der Waals surface area contributed by atoms with E-state index in [-0.39, 0.29) is 29.9 Å². The highest BCUT2D eigenvalue weighted by Crippen LogP contribution is 2.50. The number of rotatable bonds is 7. The molecule has 5 nitrogen and oxygen atoms in total. The van der Waals surface area contributed by atoms with E-state index >= 15 is 0 Å². The highest BCUT2D eigenvalue weighted by Gasteiger charge is 2.71. The van der Waals surface area contributed by atoms with Crippen LogP contribution in [0.4, 0.5) is 26.3 Å². The minimum Gasteiger partial charge on any atom is -0.489 e. The first kappa shape index (κ1) is 28.9. The Morgan fingerprint density at radius 2 is 1.33 bits per heavy atom. The Hall–Kier alpha value is -4.64. The van der Waals surface area contributed by atoms with Crippen LogP contribution in [0.5, 0.6) is 5.75 Å². The topological polar surface area (TPSA) is 64.3 Å². The van der Waals surface area contributed by atoms with Gasteiger partial charge in [0.1, 0.15) is 18.2 Å². The smallest absolute Gasteiger partial charge is 0.430 e. The zero-order valence-electron chi connectivity index (χ0n) is 21.7. The second kappa shape index (κ2) is 11.0. The van der Waals surface area contributed by atoms with Crippen molar-refractivity contribution in [1.29, 1.82) is 0 Å². The quantitative estimate of drug-likeness (QED) is 0.212. The van der Waals surface area contributed by atoms with E-state index in [0.717, 1.165) is 22.3 Å². The average molecular weight is 585 g/mol. The second-order valence-corrected chi connectivity index (χ2v) is 9.50. The highest BCUT2D eigenvalue weighted by atomic mass is 19.4. The standard InChI is InChI=1S/C31H22F6N2O3/c32-30(33,34)29(41,31(35,36)37)22-14-16-23(17-15-22)39-27(38-25-12-6-5-11-24(25)28(39)40)18-21-10-4-7-13-26(21)42-19-20-8-2-1-3-9-20/h1-17,41H,18-19H2. The van der Waals surface area contributed by atoms with E-state index in [0.29, 0.717) is 29.0 Å². The Bertz CT molecular complexity index is 1750. The van der Waals surface area contributed by atoms with Crippen molar-refractivity contribution in [2.75, 3.05) is 0 Å². The zero-order chi connectivity index (χ0) is 30.1. The largest absolute Gasteiger partial charge is 0.489 e. The molecule has 0 saturated heterocycles. The number of aromatic nitrogens is 2. The fourth-order valence-electron chi connectivity index (χ4n) is 4.60. The summed E-state index contributed by atoms with van der Waals surface area (Å²) in [6, 6.07) is 25.7. The molecule has 0 amide bonds. The molecule has 0 aliphatic heterocycles. The van der Waals surface area contributed by atoms with Gasteiger partial charge >= 0.3 is 12.4 Å². The summed E-state index contributed by atoms with van der Waals surface area (Å²) in [5.41, 5.74) is -5.22. The van der Waals surface area contributed by atoms with Gasteiger partial charge in [-0.15, -0.1) is 0 Å². The molecule has 0 aliphatic rings. The number of nitrogens with zero attached hydrogens (tertiary/aromatic N) is 2. The van der Waals surface area contributed by atoms with Crippen LogP contribution in [0.2, 0.25) is 0 Å². The van der Waals surface area contributed by atoms with Crippen LogP contribution in [-0.4, -0.2) is 27.0 Å². The number of para-hydroxylation sites is 2. The zero-order valence-corrected chi connectivity index (χ0v) is 21.7. The maximum absolute atomic E-state index is 13.6. The first-order chi connectivity index (χ1) is 19.9. The van der Waals surface area contributed by atoms with Crippen molar-refractivity contribution in [1.82, 2.24) is 9.55 Å². The number of hydrogen-bond acceptors (Lipinski definition) is 4. The molecule has 1 N–H and O–H groups in total. The molecule has 0 fully saturated rings. The lowest BCUT2D eigenvalue weighted by molar-refractivity contribution is -0.376. The van der Waals surface area contributed by atoms with Crippen molar-refractivity contribution in [3.63, 3.8) is 0 Å². The van der Waals surface area contributed by atoms with E-state index in [4.69, 9.17) is 4.74 Å². The van der Waals surface area contributed by atoms with E-state index < -0.39 is 29.1 Å². The summed E-state index contributed by atoms with van der Waals surface area (Å²) in [6.07, 6.45) is -12.0. The van der Waals surface area contributed by atoms with Gasteiger partial charge in [0.05, 0.1) is 16.6 Å². The number of alkyl halides is 6. The molecule has 0 unspecified atom stereocenters. The maximum Gasteiger partial charge on any atom is 0.430 e. The van der Waals surface area contributed by atoms with Gasteiger partial charge in [0.2, 0.25) is 0 Å². The third kappa shape index (κ3) is 5.35. The van der Waals surface area contributed by atoms with Crippen LogP contribution < -0.4 is 10.3 Å². The van der Waals surface area contributed by atoms with Gasteiger partial charge in [-0.2, -0.15) is 26.3 Å². The van der Waals surface area contributed by atoms with Crippen LogP contribution in [-0.2, 0) is 18.6 Å². The number of fused-ring (bicyclic) bond motifs is 1. The number of hydrogen-bond donors (Lipinski definition) is 1. The van der Waals surface area contributed by atoms with E-state index in [9.17, 15) is 36.2 Å². The Kier molecular flexibility index (Phi) is 7.55. The monoisotopic (exact) mass is 584 g/mol. The van der Waals surface area contributed by atoms with Gasteiger partial charge in [0.15, 0.2) is 0 Å². The number of halogens is 6. The van der Waals surface area contributed by atoms with Crippen LogP contribution in [0, 0.1) is 0 Å². The third-order valence-corrected chi connectivity index (χ3v) is 6.77. The first-order valence-electron chi connectivity index (χ1n) is 12.6. The van der Waals surface area contributed by atoms with Crippen molar-refractivity contribution in [2.45, 2.75) is 31.0 Å². The summed E-state index contributed by atoms with van der Waals surface area (Å²) in [6.45, 7) is 0.262. The van der Waals surface area contributed by atoms with Crippen LogP contribution in [0.15, 0.2) is 108 Å². The molecule has 0 atom stereocenters. The van der Waals surface area contributed by atoms with Gasteiger partial charge in [0, 0.05) is 17.5 Å². The Labute approximate surface area is 235 Å². The maximum atomic E-state index is 13.6. The fourth-order valence-corrected chi connectivity index (χ4v) is 4.60. The first-order valence-corrected chi connectivity index (χ1v) is 12.6. The SMILES string of the molecule is O=c1c2ccccc2nc(Cc2ccccc2OCc2ccccc2)n1-c1ccc(C(O)(C(F)(F)F)C(F)(F)F)cc1. The highest BCUT2D eigenvalue weighted by molar-refractivity contribution is 5.78. The molecule has 1 heterocycles. The summed E-state index contributed by atoms with van der Waals surface area (Å²) < 4.78 is 87.6. The molecule has 0 bridgehead atoms. The minimum atomic E-state index is -6.04. The lowest BCUT2D eigenvalue weighted by Crippen LogP contribution is -2.53. The van der Waals surface area contributed by atoms with Crippen molar-refractivity contribution < 1.29 is 36.2 Å². The van der Waals surface area contributed by atoms with Gasteiger partial charge in [-0.05, 0) is 35.9 Å². The van der Waals surface area contributed by atoms with Gasteiger partial charge in [-0.1, -0.05) is 72.8 Å². The van der Waals surface area contributed by atoms with E-state index in [1.165, 1.54) is 6.07 Å². The average Bonchev–Trinajstić information content (AvgIpc) is 2.96.